The van der Waals surface area contributed by atoms with E-state index < -0.39 is 0 Å². The van der Waals surface area contributed by atoms with Gasteiger partial charge in [0.1, 0.15) is 11.5 Å². The minimum absolute atomic E-state index is 0.461. The van der Waals surface area contributed by atoms with Gasteiger partial charge in [-0.3, -0.25) is 0 Å². The van der Waals surface area contributed by atoms with Crippen molar-refractivity contribution in [1.29, 1.82) is 0 Å². The van der Waals surface area contributed by atoms with Crippen LogP contribution in [0.1, 0.15) is 18.9 Å². The van der Waals surface area contributed by atoms with Crippen molar-refractivity contribution in [3.63, 3.8) is 0 Å². The normalized spacial score (nSPS) is 10.3. The molecule has 0 amide bonds. The van der Waals surface area contributed by atoms with Crippen molar-refractivity contribution >= 4 is 23.4 Å². The predicted molar refractivity (Wildman–Crippen MR) is 75.7 cm³/mol. The fourth-order valence-electron chi connectivity index (χ4n) is 1.32. The summed E-state index contributed by atoms with van der Waals surface area (Å²) in [5.74, 6) is 3.12. The Balaban J connectivity index is 2.68. The maximum Gasteiger partial charge on any atom is 0.127 e. The smallest absolute Gasteiger partial charge is 0.127 e. The lowest BCUT2D eigenvalue weighted by molar-refractivity contribution is 0.309. The van der Waals surface area contributed by atoms with Gasteiger partial charge < -0.3 is 9.47 Å². The first-order chi connectivity index (χ1) is 8.31. The third-order valence-corrected chi connectivity index (χ3v) is 3.06. The van der Waals surface area contributed by atoms with Crippen LogP contribution in [-0.2, 0) is 5.88 Å². The first kappa shape index (κ1) is 14.5. The second-order valence-corrected chi connectivity index (χ2v) is 4.85. The highest BCUT2D eigenvalue weighted by atomic mass is 35.5. The summed E-state index contributed by atoms with van der Waals surface area (Å²) in [5, 5.41) is 0. The molecule has 0 saturated heterocycles. The number of benzene rings is 1. The zero-order valence-electron chi connectivity index (χ0n) is 10.4. The van der Waals surface area contributed by atoms with Gasteiger partial charge in [0, 0.05) is 17.4 Å². The van der Waals surface area contributed by atoms with Gasteiger partial charge in [-0.2, -0.15) is 11.8 Å². The van der Waals surface area contributed by atoms with Crippen molar-refractivity contribution in [3.8, 4) is 11.5 Å². The molecule has 0 N–H and O–H groups in total. The minimum Gasteiger partial charge on any atom is -0.493 e. The van der Waals surface area contributed by atoms with E-state index >= 15 is 0 Å². The van der Waals surface area contributed by atoms with Crippen LogP contribution in [-0.4, -0.2) is 25.2 Å². The maximum atomic E-state index is 5.88. The molecule has 0 unspecified atom stereocenters. The van der Waals surface area contributed by atoms with Crippen LogP contribution in [0, 0.1) is 0 Å². The molecule has 17 heavy (non-hydrogen) atoms. The molecule has 1 aromatic carbocycles. The minimum atomic E-state index is 0.461. The number of rotatable bonds is 8. The fraction of sp³-hybridized carbons (Fsp3) is 0.538. The van der Waals surface area contributed by atoms with E-state index in [1.165, 1.54) is 0 Å². The molecule has 0 bridgehead atoms. The standard InChI is InChI=1S/C13H19ClO2S/c1-3-6-15-12-5-4-11(10-14)13(9-12)16-7-8-17-2/h4-5,9H,3,6-8,10H2,1-2H3. The Morgan fingerprint density at radius 3 is 2.71 bits per heavy atom. The lowest BCUT2D eigenvalue weighted by Crippen LogP contribution is -2.03. The lowest BCUT2D eigenvalue weighted by atomic mass is 10.2. The van der Waals surface area contributed by atoms with Gasteiger partial charge in [-0.15, -0.1) is 11.6 Å². The molecule has 96 valence electrons. The summed E-state index contributed by atoms with van der Waals surface area (Å²) in [6.07, 6.45) is 3.06. The summed E-state index contributed by atoms with van der Waals surface area (Å²) in [4.78, 5) is 0. The molecule has 0 heterocycles. The Morgan fingerprint density at radius 1 is 1.24 bits per heavy atom. The van der Waals surface area contributed by atoms with E-state index in [9.17, 15) is 0 Å². The second-order valence-electron chi connectivity index (χ2n) is 3.59. The lowest BCUT2D eigenvalue weighted by Gasteiger charge is -2.12. The van der Waals surface area contributed by atoms with Crippen LogP contribution in [0.3, 0.4) is 0 Å². The van der Waals surface area contributed by atoms with Crippen molar-refractivity contribution in [2.45, 2.75) is 19.2 Å². The van der Waals surface area contributed by atoms with Crippen LogP contribution < -0.4 is 9.47 Å². The molecule has 0 aliphatic carbocycles. The Kier molecular flexibility index (Phi) is 7.29. The topological polar surface area (TPSA) is 18.5 Å². The summed E-state index contributed by atoms with van der Waals surface area (Å²) >= 11 is 7.64. The summed E-state index contributed by atoms with van der Waals surface area (Å²) in [7, 11) is 0. The molecule has 0 aliphatic heterocycles. The van der Waals surface area contributed by atoms with E-state index in [1.54, 1.807) is 11.8 Å². The highest BCUT2D eigenvalue weighted by molar-refractivity contribution is 7.98. The van der Waals surface area contributed by atoms with Gasteiger partial charge in [0.2, 0.25) is 0 Å². The largest absolute Gasteiger partial charge is 0.493 e. The van der Waals surface area contributed by atoms with Crippen molar-refractivity contribution in [1.82, 2.24) is 0 Å². The van der Waals surface area contributed by atoms with Crippen molar-refractivity contribution in [2.75, 3.05) is 25.2 Å². The average molecular weight is 275 g/mol. The third-order valence-electron chi connectivity index (χ3n) is 2.20. The second kappa shape index (κ2) is 8.54. The summed E-state index contributed by atoms with van der Waals surface area (Å²) in [6.45, 7) is 3.51. The number of halogens is 1. The monoisotopic (exact) mass is 274 g/mol. The van der Waals surface area contributed by atoms with Crippen LogP contribution >= 0.6 is 23.4 Å². The highest BCUT2D eigenvalue weighted by Gasteiger charge is 2.05. The van der Waals surface area contributed by atoms with Gasteiger partial charge in [-0.05, 0) is 18.7 Å². The number of alkyl halides is 1. The maximum absolute atomic E-state index is 5.88. The molecule has 0 spiro atoms. The Morgan fingerprint density at radius 2 is 2.06 bits per heavy atom. The van der Waals surface area contributed by atoms with E-state index in [4.69, 9.17) is 21.1 Å². The van der Waals surface area contributed by atoms with E-state index in [2.05, 4.69) is 13.2 Å². The molecule has 1 rings (SSSR count). The van der Waals surface area contributed by atoms with Crippen LogP contribution in [0.2, 0.25) is 0 Å². The van der Waals surface area contributed by atoms with Gasteiger partial charge in [-0.1, -0.05) is 13.0 Å². The predicted octanol–water partition coefficient (Wildman–Crippen LogP) is 3.96. The van der Waals surface area contributed by atoms with Crippen molar-refractivity contribution in [3.05, 3.63) is 23.8 Å². The quantitative estimate of drug-likeness (QED) is 0.528. The Labute approximate surface area is 113 Å². The van der Waals surface area contributed by atoms with Gasteiger partial charge in [0.05, 0.1) is 19.1 Å². The number of hydrogen-bond acceptors (Lipinski definition) is 3. The van der Waals surface area contributed by atoms with Gasteiger partial charge >= 0.3 is 0 Å². The molecule has 1 aromatic rings. The molecule has 0 atom stereocenters. The summed E-state index contributed by atoms with van der Waals surface area (Å²) < 4.78 is 11.3. The summed E-state index contributed by atoms with van der Waals surface area (Å²) in [5.41, 5.74) is 1.01. The van der Waals surface area contributed by atoms with Crippen LogP contribution in [0.25, 0.3) is 0 Å². The third kappa shape index (κ3) is 5.09. The molecule has 0 aliphatic rings. The van der Waals surface area contributed by atoms with Crippen LogP contribution in [0.5, 0.6) is 11.5 Å². The van der Waals surface area contributed by atoms with Gasteiger partial charge in [0.15, 0.2) is 0 Å². The average Bonchev–Trinajstić information content (AvgIpc) is 2.37. The Hall–Kier alpha value is -0.540. The zero-order valence-corrected chi connectivity index (χ0v) is 11.9. The Bertz CT molecular complexity index is 331. The number of ether oxygens (including phenoxy) is 2. The van der Waals surface area contributed by atoms with Gasteiger partial charge in [-0.25, -0.2) is 0 Å². The van der Waals surface area contributed by atoms with E-state index in [0.29, 0.717) is 12.5 Å². The molecule has 0 radical (unpaired) electrons. The SMILES string of the molecule is CCCOc1ccc(CCl)c(OCCSC)c1. The van der Waals surface area contributed by atoms with Crippen LogP contribution in [0.4, 0.5) is 0 Å². The molecule has 0 saturated carbocycles. The first-order valence-corrected chi connectivity index (χ1v) is 7.68. The molecule has 4 heteroatoms. The molecule has 0 aromatic heterocycles. The van der Waals surface area contributed by atoms with Crippen molar-refractivity contribution < 1.29 is 9.47 Å². The molecule has 2 nitrogen and oxygen atoms in total. The highest BCUT2D eigenvalue weighted by Crippen LogP contribution is 2.26. The number of thioether (sulfide) groups is 1. The fourth-order valence-corrected chi connectivity index (χ4v) is 1.80. The van der Waals surface area contributed by atoms with E-state index in [1.807, 2.05) is 18.2 Å². The molecular formula is C13H19ClO2S. The number of hydrogen-bond donors (Lipinski definition) is 0. The molecular weight excluding hydrogens is 256 g/mol. The van der Waals surface area contributed by atoms with E-state index in [-0.39, 0.29) is 0 Å². The summed E-state index contributed by atoms with van der Waals surface area (Å²) in [6, 6.07) is 5.83. The van der Waals surface area contributed by atoms with Gasteiger partial charge in [0.25, 0.3) is 0 Å². The zero-order chi connectivity index (χ0) is 12.5. The van der Waals surface area contributed by atoms with Crippen LogP contribution in [0.15, 0.2) is 18.2 Å². The van der Waals surface area contributed by atoms with E-state index in [0.717, 1.165) is 35.8 Å². The van der Waals surface area contributed by atoms with Crippen molar-refractivity contribution in [2.24, 2.45) is 0 Å². The molecule has 0 fully saturated rings. The first-order valence-electron chi connectivity index (χ1n) is 5.75.